The third-order valence-electron chi connectivity index (χ3n) is 3.32. The van der Waals surface area contributed by atoms with Crippen LogP contribution < -0.4 is 5.32 Å². The van der Waals surface area contributed by atoms with Crippen molar-refractivity contribution in [1.29, 1.82) is 0 Å². The van der Waals surface area contributed by atoms with Gasteiger partial charge in [-0.3, -0.25) is 9.59 Å². The van der Waals surface area contributed by atoms with Crippen LogP contribution in [0.4, 0.5) is 5.69 Å². The summed E-state index contributed by atoms with van der Waals surface area (Å²) < 4.78 is 7.83. The van der Waals surface area contributed by atoms with Crippen molar-refractivity contribution >= 4 is 66.8 Å². The maximum atomic E-state index is 11.8. The van der Waals surface area contributed by atoms with Gasteiger partial charge in [0.15, 0.2) is 10.9 Å². The molecule has 26 heavy (non-hydrogen) atoms. The van der Waals surface area contributed by atoms with E-state index in [1.807, 2.05) is 42.5 Å². The average molecular weight is 451 g/mol. The van der Waals surface area contributed by atoms with Gasteiger partial charge in [0.2, 0.25) is 0 Å². The van der Waals surface area contributed by atoms with Gasteiger partial charge in [0.25, 0.3) is 5.91 Å². The number of ether oxygens (including phenoxy) is 1. The van der Waals surface area contributed by atoms with E-state index in [0.29, 0.717) is 11.4 Å². The fourth-order valence-electron chi connectivity index (χ4n) is 2.10. The Kier molecular flexibility index (Phi) is 6.65. The van der Waals surface area contributed by atoms with Crippen molar-refractivity contribution in [3.63, 3.8) is 0 Å². The molecule has 134 valence electrons. The molecule has 0 saturated heterocycles. The average Bonchev–Trinajstić information content (AvgIpc) is 3.05. The number of aromatic nitrogens is 1. The second-order valence-corrected chi connectivity index (χ2v) is 8.46. The highest BCUT2D eigenvalue weighted by atomic mass is 79.9. The molecule has 0 fully saturated rings. The van der Waals surface area contributed by atoms with Crippen LogP contribution in [0, 0.1) is 0 Å². The van der Waals surface area contributed by atoms with E-state index in [0.717, 1.165) is 19.0 Å². The van der Waals surface area contributed by atoms with E-state index in [-0.39, 0.29) is 18.9 Å². The van der Waals surface area contributed by atoms with Crippen molar-refractivity contribution in [3.05, 3.63) is 53.0 Å². The first-order chi connectivity index (χ1) is 12.6. The first-order valence-electron chi connectivity index (χ1n) is 7.80. The Morgan fingerprint density at radius 3 is 2.73 bits per heavy atom. The number of nitrogens with one attached hydrogen (secondary N) is 1. The lowest BCUT2D eigenvalue weighted by Gasteiger charge is -2.07. The standard InChI is InChI=1S/C18H15BrN2O3S2/c19-12-5-1-2-6-13(12)20-16(22)11-24-17(23)9-10-25-18-21-14-7-3-4-8-15(14)26-18/h1-8H,9-11H2,(H,20,22). The van der Waals surface area contributed by atoms with Crippen molar-refractivity contribution in [2.75, 3.05) is 17.7 Å². The Hall–Kier alpha value is -1.90. The van der Waals surface area contributed by atoms with Crippen LogP contribution >= 0.6 is 39.0 Å². The predicted molar refractivity (Wildman–Crippen MR) is 109 cm³/mol. The number of thiazole rings is 1. The Morgan fingerprint density at radius 1 is 1.15 bits per heavy atom. The second kappa shape index (κ2) is 9.16. The first-order valence-corrected chi connectivity index (χ1v) is 10.4. The van der Waals surface area contributed by atoms with Gasteiger partial charge in [-0.15, -0.1) is 11.3 Å². The van der Waals surface area contributed by atoms with Crippen molar-refractivity contribution < 1.29 is 14.3 Å². The molecular weight excluding hydrogens is 436 g/mol. The van der Waals surface area contributed by atoms with Crippen molar-refractivity contribution in [1.82, 2.24) is 4.98 Å². The van der Waals surface area contributed by atoms with Crippen LogP contribution in [-0.4, -0.2) is 29.2 Å². The Balaban J connectivity index is 1.38. The zero-order chi connectivity index (χ0) is 18.4. The number of carbonyl (C=O) groups excluding carboxylic acids is 2. The number of anilines is 1. The number of hydrogen-bond acceptors (Lipinski definition) is 6. The van der Waals surface area contributed by atoms with Crippen LogP contribution in [0.25, 0.3) is 10.2 Å². The van der Waals surface area contributed by atoms with E-state index in [9.17, 15) is 9.59 Å². The molecule has 1 heterocycles. The first kappa shape index (κ1) is 18.9. The Bertz CT molecular complexity index is 896. The number of halogens is 1. The maximum absolute atomic E-state index is 11.8. The number of amides is 1. The van der Waals surface area contributed by atoms with Crippen LogP contribution in [0.2, 0.25) is 0 Å². The van der Waals surface area contributed by atoms with E-state index in [1.165, 1.54) is 11.8 Å². The summed E-state index contributed by atoms with van der Waals surface area (Å²) in [6.45, 7) is -0.300. The van der Waals surface area contributed by atoms with Crippen LogP contribution in [0.1, 0.15) is 6.42 Å². The van der Waals surface area contributed by atoms with Gasteiger partial charge in [-0.05, 0) is 40.2 Å². The molecular formula is C18H15BrN2O3S2. The number of hydrogen-bond donors (Lipinski definition) is 1. The van der Waals surface area contributed by atoms with E-state index >= 15 is 0 Å². The molecule has 8 heteroatoms. The maximum Gasteiger partial charge on any atom is 0.307 e. The third-order valence-corrected chi connectivity index (χ3v) is 6.19. The number of nitrogens with zero attached hydrogens (tertiary/aromatic N) is 1. The van der Waals surface area contributed by atoms with Crippen molar-refractivity contribution in [2.24, 2.45) is 0 Å². The quantitative estimate of drug-likeness (QED) is 0.416. The Morgan fingerprint density at radius 2 is 1.92 bits per heavy atom. The van der Waals surface area contributed by atoms with Crippen LogP contribution in [0.15, 0.2) is 57.3 Å². The van der Waals surface area contributed by atoms with Crippen LogP contribution in [0.5, 0.6) is 0 Å². The molecule has 0 bridgehead atoms. The highest BCUT2D eigenvalue weighted by Crippen LogP contribution is 2.29. The number of thioether (sulfide) groups is 1. The van der Waals surface area contributed by atoms with Gasteiger partial charge in [-0.25, -0.2) is 4.98 Å². The largest absolute Gasteiger partial charge is 0.456 e. The second-order valence-electron chi connectivity index (χ2n) is 5.23. The van der Waals surface area contributed by atoms with E-state index in [2.05, 4.69) is 26.2 Å². The third kappa shape index (κ3) is 5.30. The van der Waals surface area contributed by atoms with E-state index in [1.54, 1.807) is 17.4 Å². The lowest BCUT2D eigenvalue weighted by atomic mass is 10.3. The highest BCUT2D eigenvalue weighted by Gasteiger charge is 2.10. The molecule has 1 amide bonds. The summed E-state index contributed by atoms with van der Waals surface area (Å²) in [6.07, 6.45) is 0.225. The molecule has 0 spiro atoms. The van der Waals surface area contributed by atoms with Crippen LogP contribution in [-0.2, 0) is 14.3 Å². The molecule has 0 aliphatic rings. The summed E-state index contributed by atoms with van der Waals surface area (Å²) in [5, 5.41) is 2.69. The van der Waals surface area contributed by atoms with Gasteiger partial charge < -0.3 is 10.1 Å². The topological polar surface area (TPSA) is 68.3 Å². The zero-order valence-corrected chi connectivity index (χ0v) is 16.8. The molecule has 5 nitrogen and oxygen atoms in total. The summed E-state index contributed by atoms with van der Waals surface area (Å²) in [5.74, 6) is -0.213. The molecule has 3 rings (SSSR count). The monoisotopic (exact) mass is 450 g/mol. The summed E-state index contributed by atoms with van der Waals surface area (Å²) in [6, 6.07) is 15.2. The molecule has 0 atom stereocenters. The van der Waals surface area contributed by atoms with Gasteiger partial charge >= 0.3 is 5.97 Å². The van der Waals surface area contributed by atoms with Gasteiger partial charge in [-0.1, -0.05) is 36.0 Å². The predicted octanol–water partition coefficient (Wildman–Crippen LogP) is 4.72. The normalized spacial score (nSPS) is 10.7. The van der Waals surface area contributed by atoms with E-state index in [4.69, 9.17) is 4.74 Å². The summed E-state index contributed by atoms with van der Waals surface area (Å²) in [5.41, 5.74) is 1.60. The minimum absolute atomic E-state index is 0.225. The number of rotatable bonds is 7. The smallest absolute Gasteiger partial charge is 0.307 e. The number of esters is 1. The highest BCUT2D eigenvalue weighted by molar-refractivity contribution is 9.10. The summed E-state index contributed by atoms with van der Waals surface area (Å²) >= 11 is 6.46. The minimum atomic E-state index is -0.402. The molecule has 0 saturated carbocycles. The molecule has 0 radical (unpaired) electrons. The van der Waals surface area contributed by atoms with E-state index < -0.39 is 5.97 Å². The van der Waals surface area contributed by atoms with Crippen molar-refractivity contribution in [2.45, 2.75) is 10.8 Å². The number of fused-ring (bicyclic) bond motifs is 1. The zero-order valence-electron chi connectivity index (χ0n) is 13.6. The lowest BCUT2D eigenvalue weighted by molar-refractivity contribution is -0.146. The number of carbonyl (C=O) groups is 2. The van der Waals surface area contributed by atoms with Crippen molar-refractivity contribution in [3.8, 4) is 0 Å². The molecule has 1 N–H and O–H groups in total. The SMILES string of the molecule is O=C(COC(=O)CCSc1nc2ccccc2s1)Nc1ccccc1Br. The molecule has 0 unspecified atom stereocenters. The molecule has 1 aromatic heterocycles. The summed E-state index contributed by atoms with van der Waals surface area (Å²) in [4.78, 5) is 28.1. The molecule has 0 aliphatic carbocycles. The molecule has 2 aromatic carbocycles. The fourth-order valence-corrected chi connectivity index (χ4v) is 4.54. The van der Waals surface area contributed by atoms with Gasteiger partial charge in [0.05, 0.1) is 22.3 Å². The molecule has 0 aliphatic heterocycles. The number of para-hydroxylation sites is 2. The molecule has 3 aromatic rings. The minimum Gasteiger partial charge on any atom is -0.456 e. The van der Waals surface area contributed by atoms with Crippen LogP contribution in [0.3, 0.4) is 0 Å². The summed E-state index contributed by atoms with van der Waals surface area (Å²) in [7, 11) is 0. The lowest BCUT2D eigenvalue weighted by Crippen LogP contribution is -2.21. The van der Waals surface area contributed by atoms with Gasteiger partial charge in [0, 0.05) is 10.2 Å². The van der Waals surface area contributed by atoms with Gasteiger partial charge in [0.1, 0.15) is 0 Å². The fraction of sp³-hybridized carbons (Fsp3) is 0.167. The Labute approximate surface area is 167 Å². The number of benzene rings is 2. The van der Waals surface area contributed by atoms with Gasteiger partial charge in [-0.2, -0.15) is 0 Å².